The molecule has 0 saturated carbocycles. The average Bonchev–Trinajstić information content (AvgIpc) is 2.69. The maximum atomic E-state index is 10.0. The first-order valence-electron chi connectivity index (χ1n) is 4.93. The molecule has 1 aromatic carbocycles. The molecule has 0 fully saturated rings. The predicted octanol–water partition coefficient (Wildman–Crippen LogP) is 2.52. The second-order valence-electron chi connectivity index (χ2n) is 3.45. The number of fused-ring (bicyclic) bond motifs is 1. The molecule has 2 heterocycles. The van der Waals surface area contributed by atoms with E-state index in [4.69, 9.17) is 0 Å². The molecule has 0 saturated heterocycles. The minimum absolute atomic E-state index is 0. The number of aromatic hydroxyl groups is 1. The largest absolute Gasteiger partial charge is 0.493 e. The Morgan fingerprint density at radius 2 is 1.88 bits per heavy atom. The molecule has 0 spiro atoms. The standard InChI is InChI=1S/C12H9N3O.ClH/c16-12-11(9-4-2-1-3-5-9)14-10-8-13-6-7-15(10)12;/h1-8,16H;1H. The Labute approximate surface area is 104 Å². The molecular formula is C12H10ClN3O. The van der Waals surface area contributed by atoms with Crippen molar-refractivity contribution in [2.75, 3.05) is 0 Å². The van der Waals surface area contributed by atoms with Crippen molar-refractivity contribution in [2.24, 2.45) is 0 Å². The molecular weight excluding hydrogens is 238 g/mol. The van der Waals surface area contributed by atoms with Gasteiger partial charge in [-0.3, -0.25) is 9.38 Å². The summed E-state index contributed by atoms with van der Waals surface area (Å²) in [6.07, 6.45) is 4.92. The SMILES string of the molecule is Cl.Oc1c(-c2ccccc2)nc2cnccn12. The molecule has 0 bridgehead atoms. The highest BCUT2D eigenvalue weighted by Gasteiger charge is 2.11. The Hall–Kier alpha value is -2.07. The number of aromatic nitrogens is 3. The third-order valence-corrected chi connectivity index (χ3v) is 2.45. The summed E-state index contributed by atoms with van der Waals surface area (Å²) in [5.41, 5.74) is 2.11. The zero-order valence-electron chi connectivity index (χ0n) is 8.82. The molecule has 4 nitrogen and oxygen atoms in total. The van der Waals surface area contributed by atoms with Gasteiger partial charge in [-0.2, -0.15) is 0 Å². The first-order chi connectivity index (χ1) is 7.86. The first-order valence-corrected chi connectivity index (χ1v) is 4.93. The van der Waals surface area contributed by atoms with E-state index in [2.05, 4.69) is 9.97 Å². The van der Waals surface area contributed by atoms with Gasteiger partial charge in [-0.25, -0.2) is 4.98 Å². The van der Waals surface area contributed by atoms with Gasteiger partial charge in [0.05, 0.1) is 6.20 Å². The first kappa shape index (κ1) is 11.4. The third kappa shape index (κ3) is 1.83. The summed E-state index contributed by atoms with van der Waals surface area (Å²) in [7, 11) is 0. The van der Waals surface area contributed by atoms with Crippen molar-refractivity contribution in [3.05, 3.63) is 48.9 Å². The zero-order chi connectivity index (χ0) is 11.0. The molecule has 0 atom stereocenters. The van der Waals surface area contributed by atoms with Crippen LogP contribution in [0.3, 0.4) is 0 Å². The van der Waals surface area contributed by atoms with Gasteiger partial charge < -0.3 is 5.11 Å². The quantitative estimate of drug-likeness (QED) is 0.719. The van der Waals surface area contributed by atoms with Crippen LogP contribution < -0.4 is 0 Å². The van der Waals surface area contributed by atoms with Crippen LogP contribution in [0.2, 0.25) is 0 Å². The number of imidazole rings is 1. The van der Waals surface area contributed by atoms with Crippen LogP contribution in [0.1, 0.15) is 0 Å². The number of halogens is 1. The molecule has 0 unspecified atom stereocenters. The maximum Gasteiger partial charge on any atom is 0.224 e. The van der Waals surface area contributed by atoms with Crippen molar-refractivity contribution >= 4 is 18.1 Å². The van der Waals surface area contributed by atoms with Crippen LogP contribution in [0.15, 0.2) is 48.9 Å². The minimum atomic E-state index is 0. The topological polar surface area (TPSA) is 50.4 Å². The number of rotatable bonds is 1. The molecule has 0 aliphatic carbocycles. The van der Waals surface area contributed by atoms with Crippen molar-refractivity contribution in [3.63, 3.8) is 0 Å². The van der Waals surface area contributed by atoms with Gasteiger partial charge in [0.1, 0.15) is 5.69 Å². The van der Waals surface area contributed by atoms with Crippen LogP contribution >= 0.6 is 12.4 Å². The van der Waals surface area contributed by atoms with E-state index >= 15 is 0 Å². The molecule has 3 rings (SSSR count). The maximum absolute atomic E-state index is 10.0. The van der Waals surface area contributed by atoms with Gasteiger partial charge in [0.2, 0.25) is 5.88 Å². The molecule has 0 aliphatic rings. The molecule has 86 valence electrons. The Morgan fingerprint density at radius 1 is 1.12 bits per heavy atom. The molecule has 0 amide bonds. The second-order valence-corrected chi connectivity index (χ2v) is 3.45. The van der Waals surface area contributed by atoms with Crippen molar-refractivity contribution < 1.29 is 5.11 Å². The molecule has 17 heavy (non-hydrogen) atoms. The lowest BCUT2D eigenvalue weighted by atomic mass is 10.2. The number of hydrogen-bond donors (Lipinski definition) is 1. The fourth-order valence-electron chi connectivity index (χ4n) is 1.68. The highest BCUT2D eigenvalue weighted by atomic mass is 35.5. The van der Waals surface area contributed by atoms with Gasteiger partial charge in [0.25, 0.3) is 0 Å². The summed E-state index contributed by atoms with van der Waals surface area (Å²) in [5, 5.41) is 10.0. The van der Waals surface area contributed by atoms with Crippen molar-refractivity contribution in [2.45, 2.75) is 0 Å². The monoisotopic (exact) mass is 247 g/mol. The van der Waals surface area contributed by atoms with Crippen LogP contribution in [-0.2, 0) is 0 Å². The molecule has 5 heteroatoms. The smallest absolute Gasteiger partial charge is 0.224 e. The predicted molar refractivity (Wildman–Crippen MR) is 67.3 cm³/mol. The van der Waals surface area contributed by atoms with Gasteiger partial charge in [-0.1, -0.05) is 30.3 Å². The van der Waals surface area contributed by atoms with Crippen LogP contribution in [0.5, 0.6) is 5.88 Å². The molecule has 1 N–H and O–H groups in total. The summed E-state index contributed by atoms with van der Waals surface area (Å²) in [6, 6.07) is 9.58. The Kier molecular flexibility index (Phi) is 2.97. The fraction of sp³-hybridized carbons (Fsp3) is 0. The van der Waals surface area contributed by atoms with Crippen molar-refractivity contribution in [1.29, 1.82) is 0 Å². The number of benzene rings is 1. The van der Waals surface area contributed by atoms with Gasteiger partial charge in [0, 0.05) is 18.0 Å². The molecule has 0 aliphatic heterocycles. The van der Waals surface area contributed by atoms with E-state index in [0.717, 1.165) is 5.56 Å². The number of nitrogens with zero attached hydrogens (tertiary/aromatic N) is 3. The molecule has 0 radical (unpaired) electrons. The summed E-state index contributed by atoms with van der Waals surface area (Å²) >= 11 is 0. The van der Waals surface area contributed by atoms with E-state index in [1.54, 1.807) is 23.0 Å². The minimum Gasteiger partial charge on any atom is -0.493 e. The number of hydrogen-bond acceptors (Lipinski definition) is 3. The van der Waals surface area contributed by atoms with E-state index < -0.39 is 0 Å². The fourth-order valence-corrected chi connectivity index (χ4v) is 1.68. The lowest BCUT2D eigenvalue weighted by Gasteiger charge is -1.96. The van der Waals surface area contributed by atoms with E-state index in [1.165, 1.54) is 0 Å². The van der Waals surface area contributed by atoms with Gasteiger partial charge in [0.15, 0.2) is 5.65 Å². The van der Waals surface area contributed by atoms with Crippen LogP contribution in [0.4, 0.5) is 0 Å². The van der Waals surface area contributed by atoms with Gasteiger partial charge in [-0.05, 0) is 0 Å². The zero-order valence-corrected chi connectivity index (χ0v) is 9.63. The summed E-state index contributed by atoms with van der Waals surface area (Å²) in [4.78, 5) is 8.30. The third-order valence-electron chi connectivity index (χ3n) is 2.45. The normalized spacial score (nSPS) is 10.1. The lowest BCUT2D eigenvalue weighted by Crippen LogP contribution is -1.83. The van der Waals surface area contributed by atoms with Crippen LogP contribution in [0, 0.1) is 0 Å². The summed E-state index contributed by atoms with van der Waals surface area (Å²) in [5.74, 6) is 0.142. The molecule has 3 aromatic rings. The van der Waals surface area contributed by atoms with Gasteiger partial charge >= 0.3 is 0 Å². The van der Waals surface area contributed by atoms with E-state index in [9.17, 15) is 5.11 Å². The Bertz CT molecular complexity index is 637. The summed E-state index contributed by atoms with van der Waals surface area (Å²) < 4.78 is 1.61. The van der Waals surface area contributed by atoms with E-state index in [-0.39, 0.29) is 18.3 Å². The van der Waals surface area contributed by atoms with Crippen molar-refractivity contribution in [1.82, 2.24) is 14.4 Å². The summed E-state index contributed by atoms with van der Waals surface area (Å²) in [6.45, 7) is 0. The van der Waals surface area contributed by atoms with Crippen LogP contribution in [0.25, 0.3) is 16.9 Å². The van der Waals surface area contributed by atoms with Gasteiger partial charge in [-0.15, -0.1) is 12.4 Å². The highest BCUT2D eigenvalue weighted by Crippen LogP contribution is 2.28. The lowest BCUT2D eigenvalue weighted by molar-refractivity contribution is 0.450. The molecule has 2 aromatic heterocycles. The van der Waals surface area contributed by atoms with Crippen molar-refractivity contribution in [3.8, 4) is 17.1 Å². The van der Waals surface area contributed by atoms with Crippen LogP contribution in [-0.4, -0.2) is 19.5 Å². The average molecular weight is 248 g/mol. The van der Waals surface area contributed by atoms with E-state index in [1.807, 2.05) is 30.3 Å². The highest BCUT2D eigenvalue weighted by molar-refractivity contribution is 5.85. The Balaban J connectivity index is 0.00000108. The van der Waals surface area contributed by atoms with E-state index in [0.29, 0.717) is 11.3 Å². The second kappa shape index (κ2) is 4.43. The Morgan fingerprint density at radius 3 is 2.59 bits per heavy atom.